The quantitative estimate of drug-likeness (QED) is 0.830. The fraction of sp³-hybridized carbons (Fsp3) is 0.450. The molecule has 1 saturated heterocycles. The van der Waals surface area contributed by atoms with Crippen LogP contribution in [0.3, 0.4) is 0 Å². The van der Waals surface area contributed by atoms with Crippen LogP contribution in [-0.4, -0.2) is 41.1 Å². The number of furan rings is 1. The summed E-state index contributed by atoms with van der Waals surface area (Å²) in [5, 5.41) is 4.22. The average Bonchev–Trinajstić information content (AvgIpc) is 3.05. The van der Waals surface area contributed by atoms with Gasteiger partial charge < -0.3 is 19.5 Å². The SMILES string of the molecule is Cc1cc(C)cc(NC(=S)N(Cc2ccco2)C2CCN(C)CC2)c1. The Bertz CT molecular complexity index is 685. The number of likely N-dealkylation sites (tertiary alicyclic amines) is 1. The van der Waals surface area contributed by atoms with E-state index >= 15 is 0 Å². The van der Waals surface area contributed by atoms with Crippen LogP contribution < -0.4 is 5.32 Å². The lowest BCUT2D eigenvalue weighted by Gasteiger charge is -2.38. The minimum Gasteiger partial charge on any atom is -0.467 e. The molecule has 5 heteroatoms. The number of nitrogens with one attached hydrogen (secondary N) is 1. The molecule has 3 rings (SSSR count). The molecule has 1 aromatic carbocycles. The molecule has 0 spiro atoms. The molecular formula is C20H27N3OS. The van der Waals surface area contributed by atoms with Gasteiger partial charge in [-0.25, -0.2) is 0 Å². The van der Waals surface area contributed by atoms with E-state index in [0.29, 0.717) is 12.6 Å². The van der Waals surface area contributed by atoms with Crippen LogP contribution in [0.25, 0.3) is 0 Å². The highest BCUT2D eigenvalue weighted by Crippen LogP contribution is 2.21. The standard InChI is InChI=1S/C20H27N3OS/c1-15-11-16(2)13-17(12-15)21-20(25)23(14-19-5-4-10-24-19)18-6-8-22(3)9-7-18/h4-5,10-13,18H,6-9,14H2,1-3H3,(H,21,25). The van der Waals surface area contributed by atoms with Gasteiger partial charge in [-0.1, -0.05) is 6.07 Å². The summed E-state index contributed by atoms with van der Waals surface area (Å²) >= 11 is 5.79. The van der Waals surface area contributed by atoms with Gasteiger partial charge in [-0.2, -0.15) is 0 Å². The number of piperidine rings is 1. The zero-order chi connectivity index (χ0) is 17.8. The van der Waals surface area contributed by atoms with Crippen LogP contribution >= 0.6 is 12.2 Å². The number of benzene rings is 1. The number of rotatable bonds is 4. The maximum absolute atomic E-state index is 5.79. The fourth-order valence-electron chi connectivity index (χ4n) is 3.49. The van der Waals surface area contributed by atoms with E-state index in [9.17, 15) is 0 Å². The molecule has 25 heavy (non-hydrogen) atoms. The molecule has 0 unspecified atom stereocenters. The Morgan fingerprint density at radius 3 is 2.52 bits per heavy atom. The molecule has 0 atom stereocenters. The van der Waals surface area contributed by atoms with Crippen LogP contribution in [0, 0.1) is 13.8 Å². The first-order valence-electron chi connectivity index (χ1n) is 8.88. The molecule has 0 amide bonds. The molecular weight excluding hydrogens is 330 g/mol. The predicted molar refractivity (Wildman–Crippen MR) is 107 cm³/mol. The van der Waals surface area contributed by atoms with Crippen molar-refractivity contribution in [3.05, 3.63) is 53.5 Å². The number of thiocarbonyl (C=S) groups is 1. The van der Waals surface area contributed by atoms with Crippen molar-refractivity contribution in [2.24, 2.45) is 0 Å². The Hall–Kier alpha value is -1.85. The fourth-order valence-corrected chi connectivity index (χ4v) is 3.82. The van der Waals surface area contributed by atoms with Crippen molar-refractivity contribution in [3.8, 4) is 0 Å². The molecule has 1 fully saturated rings. The Balaban J connectivity index is 1.76. The second kappa shape index (κ2) is 8.02. The number of hydrogen-bond donors (Lipinski definition) is 1. The summed E-state index contributed by atoms with van der Waals surface area (Å²) < 4.78 is 5.58. The summed E-state index contributed by atoms with van der Waals surface area (Å²) in [7, 11) is 2.18. The second-order valence-electron chi connectivity index (χ2n) is 7.05. The van der Waals surface area contributed by atoms with Crippen molar-refractivity contribution < 1.29 is 4.42 Å². The third-order valence-corrected chi connectivity index (χ3v) is 5.11. The zero-order valence-corrected chi connectivity index (χ0v) is 16.1. The Morgan fingerprint density at radius 1 is 1.24 bits per heavy atom. The summed E-state index contributed by atoms with van der Waals surface area (Å²) in [6.45, 7) is 7.13. The highest BCUT2D eigenvalue weighted by molar-refractivity contribution is 7.80. The molecule has 1 N–H and O–H groups in total. The molecule has 0 saturated carbocycles. The van der Waals surface area contributed by atoms with E-state index in [0.717, 1.165) is 42.5 Å². The van der Waals surface area contributed by atoms with E-state index < -0.39 is 0 Å². The predicted octanol–water partition coefficient (Wildman–Crippen LogP) is 4.19. The van der Waals surface area contributed by atoms with Gasteiger partial charge in [-0.3, -0.25) is 0 Å². The van der Waals surface area contributed by atoms with Gasteiger partial charge in [0.1, 0.15) is 5.76 Å². The molecule has 0 aliphatic carbocycles. The minimum absolute atomic E-state index is 0.437. The van der Waals surface area contributed by atoms with Gasteiger partial charge in [0.25, 0.3) is 0 Å². The summed E-state index contributed by atoms with van der Waals surface area (Å²) in [5.41, 5.74) is 3.53. The van der Waals surface area contributed by atoms with Gasteiger partial charge in [-0.05, 0) is 94.4 Å². The average molecular weight is 358 g/mol. The first-order chi connectivity index (χ1) is 12.0. The van der Waals surface area contributed by atoms with Gasteiger partial charge in [0, 0.05) is 11.7 Å². The van der Waals surface area contributed by atoms with Gasteiger partial charge >= 0.3 is 0 Å². The van der Waals surface area contributed by atoms with E-state index in [1.165, 1.54) is 11.1 Å². The Morgan fingerprint density at radius 2 is 1.92 bits per heavy atom. The van der Waals surface area contributed by atoms with Crippen molar-refractivity contribution in [1.82, 2.24) is 9.80 Å². The molecule has 1 aromatic heterocycles. The van der Waals surface area contributed by atoms with E-state index in [1.54, 1.807) is 6.26 Å². The molecule has 2 aromatic rings. The molecule has 1 aliphatic heterocycles. The second-order valence-corrected chi connectivity index (χ2v) is 7.43. The lowest BCUT2D eigenvalue weighted by atomic mass is 10.0. The van der Waals surface area contributed by atoms with Crippen molar-refractivity contribution in [2.45, 2.75) is 39.3 Å². The van der Waals surface area contributed by atoms with Crippen LogP contribution in [0.2, 0.25) is 0 Å². The number of aryl methyl sites for hydroxylation is 2. The first-order valence-corrected chi connectivity index (χ1v) is 9.29. The topological polar surface area (TPSA) is 31.6 Å². The highest BCUT2D eigenvalue weighted by Gasteiger charge is 2.26. The van der Waals surface area contributed by atoms with E-state index in [-0.39, 0.29) is 0 Å². The van der Waals surface area contributed by atoms with Crippen LogP contribution in [0.1, 0.15) is 29.7 Å². The maximum Gasteiger partial charge on any atom is 0.174 e. The summed E-state index contributed by atoms with van der Waals surface area (Å²) in [6, 6.07) is 10.8. The normalized spacial score (nSPS) is 16.0. The summed E-state index contributed by atoms with van der Waals surface area (Å²) in [6.07, 6.45) is 3.96. The maximum atomic E-state index is 5.79. The van der Waals surface area contributed by atoms with Gasteiger partial charge in [0.05, 0.1) is 12.8 Å². The molecule has 0 bridgehead atoms. The zero-order valence-electron chi connectivity index (χ0n) is 15.3. The molecule has 0 radical (unpaired) electrons. The third kappa shape index (κ3) is 4.83. The van der Waals surface area contributed by atoms with Crippen molar-refractivity contribution in [2.75, 3.05) is 25.5 Å². The lowest BCUT2D eigenvalue weighted by molar-refractivity contribution is 0.168. The number of hydrogen-bond acceptors (Lipinski definition) is 3. The van der Waals surface area contributed by atoms with Crippen LogP contribution in [-0.2, 0) is 6.54 Å². The lowest BCUT2D eigenvalue weighted by Crippen LogP contribution is -2.47. The molecule has 4 nitrogen and oxygen atoms in total. The molecule has 134 valence electrons. The Kier molecular flexibility index (Phi) is 5.76. The van der Waals surface area contributed by atoms with E-state index in [1.807, 2.05) is 12.1 Å². The molecule has 1 aliphatic rings. The van der Waals surface area contributed by atoms with E-state index in [2.05, 4.69) is 54.2 Å². The largest absolute Gasteiger partial charge is 0.467 e. The van der Waals surface area contributed by atoms with Gasteiger partial charge in [0.15, 0.2) is 5.11 Å². The van der Waals surface area contributed by atoms with Crippen LogP contribution in [0.4, 0.5) is 5.69 Å². The van der Waals surface area contributed by atoms with Gasteiger partial charge in [-0.15, -0.1) is 0 Å². The Labute approximate surface area is 155 Å². The smallest absolute Gasteiger partial charge is 0.174 e. The van der Waals surface area contributed by atoms with Gasteiger partial charge in [0.2, 0.25) is 0 Å². The number of anilines is 1. The van der Waals surface area contributed by atoms with Crippen LogP contribution in [0.5, 0.6) is 0 Å². The molecule has 2 heterocycles. The third-order valence-electron chi connectivity index (χ3n) is 4.77. The summed E-state index contributed by atoms with van der Waals surface area (Å²) in [5.74, 6) is 0.948. The van der Waals surface area contributed by atoms with E-state index in [4.69, 9.17) is 16.6 Å². The number of nitrogens with zero attached hydrogens (tertiary/aromatic N) is 2. The highest BCUT2D eigenvalue weighted by atomic mass is 32.1. The van der Waals surface area contributed by atoms with Crippen molar-refractivity contribution >= 4 is 23.0 Å². The van der Waals surface area contributed by atoms with Crippen molar-refractivity contribution in [3.63, 3.8) is 0 Å². The summed E-state index contributed by atoms with van der Waals surface area (Å²) in [4.78, 5) is 4.67. The van der Waals surface area contributed by atoms with Crippen molar-refractivity contribution in [1.29, 1.82) is 0 Å². The monoisotopic (exact) mass is 357 g/mol. The minimum atomic E-state index is 0.437. The van der Waals surface area contributed by atoms with Crippen LogP contribution in [0.15, 0.2) is 41.0 Å². The first kappa shape index (κ1) is 18.0.